The normalized spacial score (nSPS) is 14.2. The first-order valence-corrected chi connectivity index (χ1v) is 30.2. The number of carbonyl (C=O) groups excluding carboxylic acids is 7. The molecule has 0 saturated heterocycles. The van der Waals surface area contributed by atoms with Gasteiger partial charge in [-0.05, 0) is 64.2 Å². The van der Waals surface area contributed by atoms with Crippen LogP contribution in [0.2, 0.25) is 0 Å². The van der Waals surface area contributed by atoms with Crippen LogP contribution < -0.4 is 42.8 Å². The highest BCUT2D eigenvalue weighted by molar-refractivity contribution is 7.78. The van der Waals surface area contributed by atoms with Crippen LogP contribution in [0.1, 0.15) is 181 Å². The van der Waals surface area contributed by atoms with Gasteiger partial charge in [0, 0.05) is 58.5 Å². The number of nitrogens with one attached hydrogen (secondary N) is 6. The number of hydrogen-bond donors (Lipinski definition) is 12. The molecule has 1 fully saturated rings. The summed E-state index contributed by atoms with van der Waals surface area (Å²) in [7, 11) is 3.01. The van der Waals surface area contributed by atoms with E-state index in [0.717, 1.165) is 71.3 Å². The first-order valence-electron chi connectivity index (χ1n) is 29.2. The van der Waals surface area contributed by atoms with E-state index in [4.69, 9.17) is 34.9 Å². The average molecular weight is 1200 g/mol. The molecular formula is C55H107N8O16PS. The highest BCUT2D eigenvalue weighted by Crippen LogP contribution is 2.29. The van der Waals surface area contributed by atoms with Gasteiger partial charge in [-0.25, -0.2) is 4.79 Å². The van der Waals surface area contributed by atoms with E-state index in [1.54, 1.807) is 6.92 Å². The average Bonchev–Trinajstić information content (AvgIpc) is 3.43. The molecule has 0 bridgehead atoms. The molecule has 3 atom stereocenters. The SMILES string of the molecule is CC(N)C(=O)P.CCCCNC(=O)COCCOCCNC(=O)COCCOCCNC(=O)CCC(NC(=O)C1CCC(CNC(=O)CCCCCCCCCCCCCCCCCCC(=O)O)CC1)C(=O)O.CO.NC(=O)CNS. The minimum Gasteiger partial charge on any atom is -0.481 e. The Hall–Kier alpha value is -4.07. The topological polar surface area (TPSA) is 375 Å². The number of hydrogen-bond acceptors (Lipinski definition) is 17. The number of aliphatic hydroxyl groups is 1. The van der Waals surface area contributed by atoms with Gasteiger partial charge in [-0.15, -0.1) is 0 Å². The molecule has 0 aliphatic heterocycles. The molecule has 0 heterocycles. The zero-order valence-electron chi connectivity index (χ0n) is 49.2. The molecule has 81 heavy (non-hydrogen) atoms. The summed E-state index contributed by atoms with van der Waals surface area (Å²) in [6.45, 7) is 6.84. The Labute approximate surface area is 490 Å². The smallest absolute Gasteiger partial charge is 0.326 e. The highest BCUT2D eigenvalue weighted by Gasteiger charge is 2.30. The van der Waals surface area contributed by atoms with E-state index < -0.39 is 23.9 Å². The van der Waals surface area contributed by atoms with Crippen LogP contribution in [0.3, 0.4) is 0 Å². The molecule has 0 aromatic carbocycles. The molecule has 1 saturated carbocycles. The Morgan fingerprint density at radius 2 is 0.975 bits per heavy atom. The lowest BCUT2D eigenvalue weighted by Crippen LogP contribution is -2.45. The van der Waals surface area contributed by atoms with E-state index in [-0.39, 0.29) is 125 Å². The van der Waals surface area contributed by atoms with Crippen LogP contribution in [0.25, 0.3) is 0 Å². The number of unbranched alkanes of at least 4 members (excludes halogenated alkanes) is 16. The Kier molecular flexibility index (Phi) is 60.6. The van der Waals surface area contributed by atoms with Gasteiger partial charge >= 0.3 is 11.9 Å². The summed E-state index contributed by atoms with van der Waals surface area (Å²) in [6.07, 6.45) is 24.2. The summed E-state index contributed by atoms with van der Waals surface area (Å²) < 4.78 is 23.6. The highest BCUT2D eigenvalue weighted by atomic mass is 32.1. The molecule has 6 amide bonds. The van der Waals surface area contributed by atoms with Crippen molar-refractivity contribution in [1.29, 1.82) is 0 Å². The molecule has 3 unspecified atom stereocenters. The molecule has 24 nitrogen and oxygen atoms in total. The molecule has 0 aromatic rings. The molecule has 1 aliphatic rings. The fourth-order valence-corrected chi connectivity index (χ4v) is 7.96. The number of thiol groups is 1. The van der Waals surface area contributed by atoms with Crippen molar-refractivity contribution in [3.63, 3.8) is 0 Å². The first-order chi connectivity index (χ1) is 38.9. The van der Waals surface area contributed by atoms with Crippen LogP contribution >= 0.6 is 22.1 Å². The lowest BCUT2D eigenvalue weighted by molar-refractivity contribution is -0.143. The number of ether oxygens (including phenoxy) is 4. The van der Waals surface area contributed by atoms with Gasteiger partial charge < -0.3 is 72.3 Å². The van der Waals surface area contributed by atoms with Crippen molar-refractivity contribution in [2.45, 2.75) is 193 Å². The van der Waals surface area contributed by atoms with Crippen LogP contribution in [0, 0.1) is 11.8 Å². The van der Waals surface area contributed by atoms with Crippen LogP contribution in [-0.2, 0) is 62.1 Å². The fraction of sp³-hybridized carbons (Fsp3) is 0.836. The number of rotatable bonds is 49. The van der Waals surface area contributed by atoms with Gasteiger partial charge in [0.1, 0.15) is 19.3 Å². The van der Waals surface area contributed by atoms with Gasteiger partial charge in [0.2, 0.25) is 35.4 Å². The summed E-state index contributed by atoms with van der Waals surface area (Å²) in [5, 5.41) is 39.2. The zero-order valence-corrected chi connectivity index (χ0v) is 51.3. The number of carbonyl (C=O) groups is 9. The summed E-state index contributed by atoms with van der Waals surface area (Å²) in [5.41, 5.74) is 9.67. The molecule has 26 heteroatoms. The van der Waals surface area contributed by atoms with Gasteiger partial charge in [0.25, 0.3) is 0 Å². The molecule has 474 valence electrons. The standard InChI is InChI=1S/C49H89N5O13.C3H8NOP.C2H6N2OS.CH4O/c1-2-3-28-50-45(57)38-66-35-34-65-32-30-52-46(58)39-67-36-33-64-31-29-51-44(56)27-26-42(49(62)63)54-48(61)41-24-22-40(23-25-41)37-53-43(55)20-18-16-14-12-10-8-6-4-5-7-9-11-13-15-17-19-21-47(59)60;1-2(4)3(5)6;3-2(5)1-4-6;1-2/h40-42H,2-39H2,1H3,(H,50,57)(H,51,56)(H,52,58)(H,53,55)(H,54,61)(H,59,60)(H,62,63);2H,4,6H2,1H3;4,6H,1H2,(H2,3,5);2H,1H3. The van der Waals surface area contributed by atoms with Gasteiger partial charge in [-0.3, -0.25) is 43.1 Å². The molecule has 0 spiro atoms. The fourth-order valence-electron chi connectivity index (χ4n) is 7.80. The van der Waals surface area contributed by atoms with Gasteiger partial charge in [-0.2, -0.15) is 0 Å². The Morgan fingerprint density at radius 3 is 1.37 bits per heavy atom. The second-order valence-electron chi connectivity index (χ2n) is 19.7. The zero-order chi connectivity index (χ0) is 61.2. The largest absolute Gasteiger partial charge is 0.481 e. The molecule has 1 rings (SSSR count). The number of primary amides is 1. The summed E-state index contributed by atoms with van der Waals surface area (Å²) in [5.74, 6) is -3.37. The summed E-state index contributed by atoms with van der Waals surface area (Å²) >= 11 is 3.51. The van der Waals surface area contributed by atoms with Crippen molar-refractivity contribution in [3.8, 4) is 0 Å². The number of carboxylic acids is 2. The lowest BCUT2D eigenvalue weighted by atomic mass is 9.81. The Bertz CT molecular complexity index is 1640. The third-order valence-corrected chi connectivity index (χ3v) is 13.2. The van der Waals surface area contributed by atoms with Crippen LogP contribution in [0.4, 0.5) is 0 Å². The third kappa shape index (κ3) is 60.3. The third-order valence-electron chi connectivity index (χ3n) is 12.5. The predicted molar refractivity (Wildman–Crippen MR) is 318 cm³/mol. The minimum absolute atomic E-state index is 0.0142. The maximum atomic E-state index is 13.0. The second-order valence-corrected chi connectivity index (χ2v) is 20.6. The van der Waals surface area contributed by atoms with Crippen molar-refractivity contribution in [2.75, 3.05) is 92.7 Å². The quantitative estimate of drug-likeness (QED) is 0.0234. The van der Waals surface area contributed by atoms with E-state index in [1.165, 1.54) is 64.2 Å². The first kappa shape index (κ1) is 81.1. The van der Waals surface area contributed by atoms with Gasteiger partial charge in [-0.1, -0.05) is 125 Å². The molecule has 13 N–H and O–H groups in total. The van der Waals surface area contributed by atoms with Crippen molar-refractivity contribution in [2.24, 2.45) is 23.3 Å². The van der Waals surface area contributed by atoms with Crippen LogP contribution in [0.5, 0.6) is 0 Å². The van der Waals surface area contributed by atoms with Crippen LogP contribution in [-0.4, -0.2) is 173 Å². The number of amides is 6. The van der Waals surface area contributed by atoms with Crippen molar-refractivity contribution in [1.82, 2.24) is 31.3 Å². The van der Waals surface area contributed by atoms with E-state index in [2.05, 4.69) is 49.9 Å². The molecular weight excluding hydrogens is 1090 g/mol. The minimum atomic E-state index is -1.20. The number of aliphatic hydroxyl groups excluding tert-OH is 1. The lowest BCUT2D eigenvalue weighted by Gasteiger charge is -2.28. The maximum absolute atomic E-state index is 13.0. The monoisotopic (exact) mass is 1200 g/mol. The number of nitrogens with two attached hydrogens (primary N) is 2. The molecule has 0 aromatic heterocycles. The van der Waals surface area contributed by atoms with E-state index in [1.807, 2.05) is 16.2 Å². The maximum Gasteiger partial charge on any atom is 0.326 e. The number of carboxylic acid groups (broad SMARTS) is 2. The van der Waals surface area contributed by atoms with Gasteiger partial charge in [0.15, 0.2) is 5.52 Å². The Morgan fingerprint density at radius 1 is 0.568 bits per heavy atom. The molecule has 0 radical (unpaired) electrons. The summed E-state index contributed by atoms with van der Waals surface area (Å²) in [4.78, 5) is 103. The number of aliphatic carboxylic acids is 2. The second kappa shape index (κ2) is 60.5. The van der Waals surface area contributed by atoms with E-state index in [0.29, 0.717) is 51.9 Å². The van der Waals surface area contributed by atoms with E-state index in [9.17, 15) is 48.3 Å². The van der Waals surface area contributed by atoms with Crippen molar-refractivity contribution < 1.29 is 77.4 Å². The predicted octanol–water partition coefficient (Wildman–Crippen LogP) is 3.83. The summed E-state index contributed by atoms with van der Waals surface area (Å²) in [6, 6.07) is -1.50. The molecule has 1 aliphatic carbocycles. The van der Waals surface area contributed by atoms with E-state index >= 15 is 0 Å². The Balaban J connectivity index is -0.00000385. The van der Waals surface area contributed by atoms with Crippen molar-refractivity contribution in [3.05, 3.63) is 0 Å². The van der Waals surface area contributed by atoms with Gasteiger partial charge in [0.05, 0.1) is 52.2 Å². The van der Waals surface area contributed by atoms with Crippen molar-refractivity contribution >= 4 is 75.0 Å². The van der Waals surface area contributed by atoms with Crippen LogP contribution in [0.15, 0.2) is 0 Å².